The lowest BCUT2D eigenvalue weighted by atomic mass is 10.1. The van der Waals surface area contributed by atoms with Gasteiger partial charge in [0.05, 0.1) is 12.7 Å². The second kappa shape index (κ2) is 8.91. The number of hydrogen-bond acceptors (Lipinski definition) is 3. The van der Waals surface area contributed by atoms with Crippen molar-refractivity contribution in [2.45, 2.75) is 13.1 Å². The molecule has 0 aliphatic rings. The van der Waals surface area contributed by atoms with Gasteiger partial charge >= 0.3 is 0 Å². The molecule has 0 N–H and O–H groups in total. The number of rotatable bonds is 8. The van der Waals surface area contributed by atoms with Crippen molar-refractivity contribution in [3.63, 3.8) is 0 Å². The summed E-state index contributed by atoms with van der Waals surface area (Å²) in [5, 5.41) is 8.51. The van der Waals surface area contributed by atoms with Gasteiger partial charge in [0.15, 0.2) is 0 Å². The first-order chi connectivity index (χ1) is 10.4. The first kappa shape index (κ1) is 15.2. The summed E-state index contributed by atoms with van der Waals surface area (Å²) in [6.45, 7) is 3.31. The summed E-state index contributed by atoms with van der Waals surface area (Å²) in [7, 11) is 0. The molecular weight excluding hydrogens is 260 g/mol. The van der Waals surface area contributed by atoms with E-state index in [0.29, 0.717) is 6.61 Å². The fourth-order valence-electron chi connectivity index (χ4n) is 2.21. The van der Waals surface area contributed by atoms with Gasteiger partial charge in [-0.25, -0.2) is 0 Å². The van der Waals surface area contributed by atoms with Gasteiger partial charge in [0.2, 0.25) is 0 Å². The van der Waals surface area contributed by atoms with E-state index in [1.54, 1.807) is 0 Å². The van der Waals surface area contributed by atoms with Crippen molar-refractivity contribution >= 4 is 0 Å². The molecule has 0 saturated heterocycles. The minimum absolute atomic E-state index is 0.157. The van der Waals surface area contributed by atoms with E-state index in [9.17, 15) is 0 Å². The highest BCUT2D eigenvalue weighted by molar-refractivity contribution is 5.17. The van der Waals surface area contributed by atoms with Crippen LogP contribution >= 0.6 is 0 Å². The minimum atomic E-state index is 0.157. The molecule has 0 unspecified atom stereocenters. The molecule has 0 aliphatic heterocycles. The smallest absolute Gasteiger partial charge is 0.133 e. The fourth-order valence-corrected chi connectivity index (χ4v) is 2.21. The first-order valence-corrected chi connectivity index (χ1v) is 7.13. The molecule has 108 valence electrons. The quantitative estimate of drug-likeness (QED) is 0.697. The molecule has 0 aromatic heterocycles. The minimum Gasteiger partial charge on any atom is -0.365 e. The van der Waals surface area contributed by atoms with Gasteiger partial charge < -0.3 is 4.74 Å². The van der Waals surface area contributed by atoms with Gasteiger partial charge in [-0.2, -0.15) is 5.26 Å². The zero-order chi connectivity index (χ0) is 14.8. The fraction of sp³-hybridized carbons (Fsp3) is 0.278. The van der Waals surface area contributed by atoms with Crippen molar-refractivity contribution in [1.82, 2.24) is 4.90 Å². The summed E-state index contributed by atoms with van der Waals surface area (Å²) in [6, 6.07) is 22.8. The van der Waals surface area contributed by atoms with Gasteiger partial charge in [0.25, 0.3) is 0 Å². The maximum absolute atomic E-state index is 8.51. The van der Waals surface area contributed by atoms with E-state index in [2.05, 4.69) is 53.4 Å². The van der Waals surface area contributed by atoms with Crippen LogP contribution in [0.15, 0.2) is 60.7 Å². The van der Waals surface area contributed by atoms with Crippen molar-refractivity contribution in [1.29, 1.82) is 5.26 Å². The Morgan fingerprint density at radius 2 is 1.38 bits per heavy atom. The zero-order valence-electron chi connectivity index (χ0n) is 12.1. The van der Waals surface area contributed by atoms with E-state index in [1.165, 1.54) is 11.1 Å². The van der Waals surface area contributed by atoms with Crippen LogP contribution in [-0.2, 0) is 17.8 Å². The number of nitrogens with zero attached hydrogens (tertiary/aromatic N) is 2. The molecule has 0 bridgehead atoms. The van der Waals surface area contributed by atoms with Gasteiger partial charge in [0, 0.05) is 19.6 Å². The lowest BCUT2D eigenvalue weighted by molar-refractivity contribution is 0.120. The molecule has 0 atom stereocenters. The summed E-state index contributed by atoms with van der Waals surface area (Å²) in [4.78, 5) is 2.34. The number of ether oxygens (including phenoxy) is 1. The van der Waals surface area contributed by atoms with Crippen molar-refractivity contribution in [3.8, 4) is 6.07 Å². The van der Waals surface area contributed by atoms with E-state index in [4.69, 9.17) is 10.00 Å². The average molecular weight is 280 g/mol. The molecule has 0 aliphatic carbocycles. The van der Waals surface area contributed by atoms with Crippen LogP contribution < -0.4 is 0 Å². The largest absolute Gasteiger partial charge is 0.365 e. The molecule has 0 fully saturated rings. The monoisotopic (exact) mass is 280 g/mol. The summed E-state index contributed by atoms with van der Waals surface area (Å²) in [5.41, 5.74) is 2.57. The average Bonchev–Trinajstić information content (AvgIpc) is 2.53. The standard InChI is InChI=1S/C18H20N2O/c19-11-13-21-14-12-20(15-17-7-3-1-4-8-17)16-18-9-5-2-6-10-18/h1-10H,12-16H2. The lowest BCUT2D eigenvalue weighted by Crippen LogP contribution is -2.27. The maximum Gasteiger partial charge on any atom is 0.133 e. The maximum atomic E-state index is 8.51. The van der Waals surface area contributed by atoms with Crippen molar-refractivity contribution in [2.75, 3.05) is 19.8 Å². The Bertz CT molecular complexity index is 507. The van der Waals surface area contributed by atoms with Crippen LogP contribution in [0.5, 0.6) is 0 Å². The Morgan fingerprint density at radius 3 is 1.86 bits per heavy atom. The van der Waals surface area contributed by atoms with Crippen LogP contribution in [0.3, 0.4) is 0 Å². The molecule has 0 radical (unpaired) electrons. The second-order valence-electron chi connectivity index (χ2n) is 4.89. The molecule has 0 spiro atoms. The molecular formula is C18H20N2O. The molecule has 3 nitrogen and oxygen atoms in total. The van der Waals surface area contributed by atoms with Crippen molar-refractivity contribution in [3.05, 3.63) is 71.8 Å². The summed E-state index contributed by atoms with van der Waals surface area (Å²) < 4.78 is 5.29. The van der Waals surface area contributed by atoms with E-state index >= 15 is 0 Å². The predicted molar refractivity (Wildman–Crippen MR) is 83.4 cm³/mol. The summed E-state index contributed by atoms with van der Waals surface area (Å²) in [5.74, 6) is 0. The predicted octanol–water partition coefficient (Wildman–Crippen LogP) is 3.23. The Labute approximate surface area is 126 Å². The van der Waals surface area contributed by atoms with Crippen LogP contribution in [0.2, 0.25) is 0 Å². The zero-order valence-corrected chi connectivity index (χ0v) is 12.1. The van der Waals surface area contributed by atoms with Crippen LogP contribution in [0.4, 0.5) is 0 Å². The SMILES string of the molecule is N#CCOCCN(Cc1ccccc1)Cc1ccccc1. The Balaban J connectivity index is 1.94. The Morgan fingerprint density at radius 1 is 0.857 bits per heavy atom. The molecule has 3 heteroatoms. The molecule has 0 saturated carbocycles. The summed E-state index contributed by atoms with van der Waals surface area (Å²) >= 11 is 0. The third-order valence-electron chi connectivity index (χ3n) is 3.22. The normalized spacial score (nSPS) is 10.5. The highest BCUT2D eigenvalue weighted by atomic mass is 16.5. The third-order valence-corrected chi connectivity index (χ3v) is 3.22. The van der Waals surface area contributed by atoms with Crippen molar-refractivity contribution < 1.29 is 4.74 Å². The van der Waals surface area contributed by atoms with Gasteiger partial charge in [-0.15, -0.1) is 0 Å². The number of hydrogen-bond donors (Lipinski definition) is 0. The molecule has 0 heterocycles. The molecule has 2 rings (SSSR count). The van der Waals surface area contributed by atoms with E-state index < -0.39 is 0 Å². The van der Waals surface area contributed by atoms with Crippen LogP contribution in [0.25, 0.3) is 0 Å². The Hall–Kier alpha value is -2.15. The van der Waals surface area contributed by atoms with Gasteiger partial charge in [-0.3, -0.25) is 4.90 Å². The van der Waals surface area contributed by atoms with Gasteiger partial charge in [-0.1, -0.05) is 60.7 Å². The van der Waals surface area contributed by atoms with Crippen LogP contribution in [0.1, 0.15) is 11.1 Å². The summed E-state index contributed by atoms with van der Waals surface area (Å²) in [6.07, 6.45) is 0. The molecule has 0 amide bonds. The number of nitriles is 1. The second-order valence-corrected chi connectivity index (χ2v) is 4.89. The molecule has 2 aromatic carbocycles. The van der Waals surface area contributed by atoms with Crippen molar-refractivity contribution in [2.24, 2.45) is 0 Å². The van der Waals surface area contributed by atoms with Gasteiger partial charge in [-0.05, 0) is 11.1 Å². The Kier molecular flexibility index (Phi) is 6.47. The highest BCUT2D eigenvalue weighted by Crippen LogP contribution is 2.09. The number of benzene rings is 2. The van der Waals surface area contributed by atoms with Gasteiger partial charge in [0.1, 0.15) is 6.61 Å². The van der Waals surface area contributed by atoms with E-state index in [-0.39, 0.29) is 6.61 Å². The topological polar surface area (TPSA) is 36.3 Å². The highest BCUT2D eigenvalue weighted by Gasteiger charge is 2.07. The van der Waals surface area contributed by atoms with Crippen LogP contribution in [-0.4, -0.2) is 24.7 Å². The van der Waals surface area contributed by atoms with E-state index in [1.807, 2.05) is 18.2 Å². The molecule has 21 heavy (non-hydrogen) atoms. The molecule has 2 aromatic rings. The van der Waals surface area contributed by atoms with Crippen LogP contribution in [0, 0.1) is 11.3 Å². The third kappa shape index (κ3) is 5.78. The van der Waals surface area contributed by atoms with E-state index in [0.717, 1.165) is 19.6 Å². The first-order valence-electron chi connectivity index (χ1n) is 7.13. The lowest BCUT2D eigenvalue weighted by Gasteiger charge is -2.22.